The number of nitrogens with zero attached hydrogens (tertiary/aromatic N) is 1. The Labute approximate surface area is 114 Å². The van der Waals surface area contributed by atoms with Crippen LogP contribution >= 0.6 is 0 Å². The lowest BCUT2D eigenvalue weighted by Gasteiger charge is -2.10. The molecule has 100 valence electrons. The summed E-state index contributed by atoms with van der Waals surface area (Å²) in [4.78, 5) is 4.32. The maximum Gasteiger partial charge on any atom is 0.130 e. The minimum Gasteiger partial charge on any atom is -0.487 e. The molecule has 0 aliphatic heterocycles. The van der Waals surface area contributed by atoms with Crippen LogP contribution in [0.4, 0.5) is 5.69 Å². The fraction of sp³-hybridized carbons (Fsp3) is 0.312. The van der Waals surface area contributed by atoms with Crippen molar-refractivity contribution in [3.63, 3.8) is 0 Å². The summed E-state index contributed by atoms with van der Waals surface area (Å²) in [5.41, 5.74) is 4.41. The number of ether oxygens (including phenoxy) is 1. The van der Waals surface area contributed by atoms with Crippen molar-refractivity contribution in [1.29, 1.82) is 0 Å². The number of benzene rings is 1. The molecule has 2 aromatic rings. The molecule has 0 bridgehead atoms. The molecular formula is C16H20N2O. The largest absolute Gasteiger partial charge is 0.487 e. The third-order valence-corrected chi connectivity index (χ3v) is 2.90. The topological polar surface area (TPSA) is 34.2 Å². The first-order chi connectivity index (χ1) is 9.19. The first-order valence-electron chi connectivity index (χ1n) is 6.58. The monoisotopic (exact) mass is 256 g/mol. The Morgan fingerprint density at radius 1 is 1.16 bits per heavy atom. The van der Waals surface area contributed by atoms with Crippen molar-refractivity contribution >= 4 is 5.69 Å². The van der Waals surface area contributed by atoms with Crippen molar-refractivity contribution in [2.45, 2.75) is 27.4 Å². The molecule has 0 radical (unpaired) electrons. The van der Waals surface area contributed by atoms with Gasteiger partial charge in [0, 0.05) is 18.4 Å². The SMILES string of the molecule is CCNc1ccnc(COc2ccc(C)cc2C)c1. The van der Waals surface area contributed by atoms with Gasteiger partial charge in [0.1, 0.15) is 12.4 Å². The molecule has 0 saturated carbocycles. The van der Waals surface area contributed by atoms with E-state index in [1.54, 1.807) is 6.20 Å². The minimum absolute atomic E-state index is 0.489. The van der Waals surface area contributed by atoms with Gasteiger partial charge >= 0.3 is 0 Å². The molecule has 0 spiro atoms. The smallest absolute Gasteiger partial charge is 0.130 e. The standard InChI is InChI=1S/C16H20N2O/c1-4-17-14-7-8-18-15(10-14)11-19-16-6-5-12(2)9-13(16)3/h5-10H,4,11H2,1-3H3,(H,17,18). The zero-order chi connectivity index (χ0) is 13.7. The third kappa shape index (κ3) is 3.71. The van der Waals surface area contributed by atoms with Crippen molar-refractivity contribution in [1.82, 2.24) is 4.98 Å². The average Bonchev–Trinajstić information content (AvgIpc) is 2.38. The number of pyridine rings is 1. The molecule has 1 heterocycles. The highest BCUT2D eigenvalue weighted by Crippen LogP contribution is 2.20. The first-order valence-corrected chi connectivity index (χ1v) is 6.58. The maximum absolute atomic E-state index is 5.82. The molecule has 2 rings (SSSR count). The molecule has 0 aliphatic carbocycles. The molecule has 3 heteroatoms. The maximum atomic E-state index is 5.82. The van der Waals surface area contributed by atoms with E-state index in [2.05, 4.69) is 43.2 Å². The summed E-state index contributed by atoms with van der Waals surface area (Å²) < 4.78 is 5.82. The van der Waals surface area contributed by atoms with Crippen molar-refractivity contribution in [2.75, 3.05) is 11.9 Å². The van der Waals surface area contributed by atoms with Crippen molar-refractivity contribution in [3.8, 4) is 5.75 Å². The highest BCUT2D eigenvalue weighted by Gasteiger charge is 2.02. The third-order valence-electron chi connectivity index (χ3n) is 2.90. The zero-order valence-corrected chi connectivity index (χ0v) is 11.7. The highest BCUT2D eigenvalue weighted by molar-refractivity contribution is 5.43. The van der Waals surface area contributed by atoms with Gasteiger partial charge in [-0.15, -0.1) is 0 Å². The van der Waals surface area contributed by atoms with Gasteiger partial charge in [0.25, 0.3) is 0 Å². The Morgan fingerprint density at radius 2 is 2.00 bits per heavy atom. The van der Waals surface area contributed by atoms with Gasteiger partial charge in [-0.1, -0.05) is 17.7 Å². The summed E-state index contributed by atoms with van der Waals surface area (Å²) >= 11 is 0. The predicted molar refractivity (Wildman–Crippen MR) is 78.6 cm³/mol. The highest BCUT2D eigenvalue weighted by atomic mass is 16.5. The van der Waals surface area contributed by atoms with Gasteiger partial charge in [0.15, 0.2) is 0 Å². The van der Waals surface area contributed by atoms with E-state index in [1.165, 1.54) is 5.56 Å². The second-order valence-electron chi connectivity index (χ2n) is 4.62. The molecule has 1 aromatic carbocycles. The minimum atomic E-state index is 0.489. The molecule has 19 heavy (non-hydrogen) atoms. The van der Waals surface area contributed by atoms with Gasteiger partial charge in [0.05, 0.1) is 5.69 Å². The van der Waals surface area contributed by atoms with Crippen LogP contribution < -0.4 is 10.1 Å². The van der Waals surface area contributed by atoms with E-state index >= 15 is 0 Å². The first kappa shape index (κ1) is 13.4. The summed E-state index contributed by atoms with van der Waals surface area (Å²) in [6.45, 7) is 7.61. The fourth-order valence-electron chi connectivity index (χ4n) is 1.98. The van der Waals surface area contributed by atoms with Crippen molar-refractivity contribution < 1.29 is 4.74 Å². The number of aryl methyl sites for hydroxylation is 2. The second-order valence-corrected chi connectivity index (χ2v) is 4.62. The Morgan fingerprint density at radius 3 is 2.74 bits per heavy atom. The van der Waals surface area contributed by atoms with E-state index in [1.807, 2.05) is 18.2 Å². The quantitative estimate of drug-likeness (QED) is 0.885. The van der Waals surface area contributed by atoms with Gasteiger partial charge in [-0.3, -0.25) is 4.98 Å². The van der Waals surface area contributed by atoms with E-state index in [0.29, 0.717) is 6.61 Å². The number of aromatic nitrogens is 1. The van der Waals surface area contributed by atoms with Crippen LogP contribution in [0.5, 0.6) is 5.75 Å². The van der Waals surface area contributed by atoms with Crippen LogP contribution in [0.15, 0.2) is 36.5 Å². The van der Waals surface area contributed by atoms with E-state index in [4.69, 9.17) is 4.74 Å². The normalized spacial score (nSPS) is 10.3. The van der Waals surface area contributed by atoms with Crippen molar-refractivity contribution in [3.05, 3.63) is 53.3 Å². The van der Waals surface area contributed by atoms with Crippen LogP contribution in [0.2, 0.25) is 0 Å². The number of hydrogen-bond acceptors (Lipinski definition) is 3. The zero-order valence-electron chi connectivity index (χ0n) is 11.7. The van der Waals surface area contributed by atoms with Crippen LogP contribution in [0.1, 0.15) is 23.7 Å². The number of rotatable bonds is 5. The van der Waals surface area contributed by atoms with Gasteiger partial charge in [-0.25, -0.2) is 0 Å². The second kappa shape index (κ2) is 6.23. The van der Waals surface area contributed by atoms with Crippen LogP contribution in [-0.2, 0) is 6.61 Å². The Hall–Kier alpha value is -2.03. The lowest BCUT2D eigenvalue weighted by atomic mass is 10.1. The van der Waals surface area contributed by atoms with Crippen LogP contribution in [-0.4, -0.2) is 11.5 Å². The summed E-state index contributed by atoms with van der Waals surface area (Å²) in [6, 6.07) is 10.2. The average molecular weight is 256 g/mol. The Kier molecular flexibility index (Phi) is 4.39. The summed E-state index contributed by atoms with van der Waals surface area (Å²) in [7, 11) is 0. The van der Waals surface area contributed by atoms with Gasteiger partial charge in [0.2, 0.25) is 0 Å². The molecular weight excluding hydrogens is 236 g/mol. The number of hydrogen-bond donors (Lipinski definition) is 1. The molecule has 0 fully saturated rings. The molecule has 0 atom stereocenters. The Bertz CT molecular complexity index is 552. The lowest BCUT2D eigenvalue weighted by Crippen LogP contribution is -2.02. The Balaban J connectivity index is 2.03. The summed E-state index contributed by atoms with van der Waals surface area (Å²) in [6.07, 6.45) is 1.80. The summed E-state index contributed by atoms with van der Waals surface area (Å²) in [5.74, 6) is 0.918. The molecule has 0 unspecified atom stereocenters. The molecule has 1 aromatic heterocycles. The predicted octanol–water partition coefficient (Wildman–Crippen LogP) is 3.71. The van der Waals surface area contributed by atoms with E-state index in [-0.39, 0.29) is 0 Å². The van der Waals surface area contributed by atoms with Gasteiger partial charge < -0.3 is 10.1 Å². The van der Waals surface area contributed by atoms with Crippen molar-refractivity contribution in [2.24, 2.45) is 0 Å². The van der Waals surface area contributed by atoms with E-state index in [0.717, 1.165) is 29.2 Å². The number of nitrogens with one attached hydrogen (secondary N) is 1. The van der Waals surface area contributed by atoms with E-state index < -0.39 is 0 Å². The van der Waals surface area contributed by atoms with Gasteiger partial charge in [-0.05, 0) is 44.5 Å². The molecule has 0 amide bonds. The summed E-state index contributed by atoms with van der Waals surface area (Å²) in [5, 5.41) is 3.27. The lowest BCUT2D eigenvalue weighted by molar-refractivity contribution is 0.299. The molecule has 3 nitrogen and oxygen atoms in total. The van der Waals surface area contributed by atoms with E-state index in [9.17, 15) is 0 Å². The molecule has 0 aliphatic rings. The van der Waals surface area contributed by atoms with Crippen LogP contribution in [0, 0.1) is 13.8 Å². The van der Waals surface area contributed by atoms with Crippen LogP contribution in [0.3, 0.4) is 0 Å². The van der Waals surface area contributed by atoms with Crippen LogP contribution in [0.25, 0.3) is 0 Å². The molecule has 0 saturated heterocycles. The van der Waals surface area contributed by atoms with Gasteiger partial charge in [-0.2, -0.15) is 0 Å². The fourth-order valence-corrected chi connectivity index (χ4v) is 1.98. The molecule has 1 N–H and O–H groups in total. The number of anilines is 1.